The number of nitrogens with one attached hydrogen (secondary N) is 1. The summed E-state index contributed by atoms with van der Waals surface area (Å²) < 4.78 is 28.4. The van der Waals surface area contributed by atoms with Gasteiger partial charge in [-0.15, -0.1) is 12.4 Å². The van der Waals surface area contributed by atoms with Gasteiger partial charge in [-0.25, -0.2) is 13.2 Å². The van der Waals surface area contributed by atoms with Gasteiger partial charge in [0, 0.05) is 11.9 Å². The van der Waals surface area contributed by atoms with Gasteiger partial charge in [0.2, 0.25) is 5.91 Å². The fourth-order valence-electron chi connectivity index (χ4n) is 1.89. The molecule has 1 amide bonds. The summed E-state index contributed by atoms with van der Waals surface area (Å²) in [6, 6.07) is 3.17. The predicted octanol–water partition coefficient (Wildman–Crippen LogP) is 1.75. The molecule has 1 aromatic carbocycles. The highest BCUT2D eigenvalue weighted by molar-refractivity contribution is 7.90. The molecule has 0 aliphatic heterocycles. The number of sulfone groups is 1. The van der Waals surface area contributed by atoms with Gasteiger partial charge in [0.15, 0.2) is 9.84 Å². The Hall–Kier alpha value is -1.64. The average Bonchev–Trinajstić information content (AvgIpc) is 2.46. The number of amides is 1. The number of anilines is 1. The van der Waals surface area contributed by atoms with Crippen LogP contribution in [0.3, 0.4) is 0 Å². The maximum absolute atomic E-state index is 12.0. The van der Waals surface area contributed by atoms with Crippen LogP contribution in [0.1, 0.15) is 37.0 Å². The van der Waals surface area contributed by atoms with Gasteiger partial charge in [0.05, 0.1) is 23.1 Å². The summed E-state index contributed by atoms with van der Waals surface area (Å²) in [6.07, 6.45) is 2.26. The molecule has 24 heavy (non-hydrogen) atoms. The first kappa shape index (κ1) is 22.4. The molecule has 0 spiro atoms. The molecule has 1 atom stereocenters. The Morgan fingerprint density at radius 1 is 1.25 bits per heavy atom. The zero-order chi connectivity index (χ0) is 17.6. The number of benzene rings is 1. The minimum atomic E-state index is -3.55. The van der Waals surface area contributed by atoms with Crippen molar-refractivity contribution in [2.75, 3.05) is 18.2 Å². The third-order valence-electron chi connectivity index (χ3n) is 3.05. The van der Waals surface area contributed by atoms with E-state index in [4.69, 9.17) is 10.5 Å². The van der Waals surface area contributed by atoms with Gasteiger partial charge in [0.25, 0.3) is 0 Å². The lowest BCUT2D eigenvalue weighted by Crippen LogP contribution is -2.35. The zero-order valence-corrected chi connectivity index (χ0v) is 15.5. The standard InChI is InChI=1S/C15H22N2O5S.ClH/c1-4-6-13(16)14(18)17-11-7-10(15(19)22-5-2)8-12(9-11)23(3,20)21;/h7-9,13H,4-6,16H2,1-3H3,(H,17,18);1H. The summed E-state index contributed by atoms with van der Waals surface area (Å²) >= 11 is 0. The zero-order valence-electron chi connectivity index (χ0n) is 13.9. The van der Waals surface area contributed by atoms with Crippen molar-refractivity contribution in [2.45, 2.75) is 37.6 Å². The molecule has 3 N–H and O–H groups in total. The molecule has 0 aromatic heterocycles. The number of rotatable bonds is 7. The molecule has 0 fully saturated rings. The second kappa shape index (κ2) is 9.61. The van der Waals surface area contributed by atoms with E-state index in [2.05, 4.69) is 5.32 Å². The van der Waals surface area contributed by atoms with Gasteiger partial charge >= 0.3 is 5.97 Å². The summed E-state index contributed by atoms with van der Waals surface area (Å²) in [5.41, 5.74) is 5.96. The third kappa shape index (κ3) is 6.46. The van der Waals surface area contributed by atoms with Crippen molar-refractivity contribution in [2.24, 2.45) is 5.73 Å². The second-order valence-electron chi connectivity index (χ2n) is 5.12. The quantitative estimate of drug-likeness (QED) is 0.698. The number of nitrogens with two attached hydrogens (primary N) is 1. The van der Waals surface area contributed by atoms with Gasteiger partial charge in [-0.05, 0) is 31.5 Å². The molecule has 0 bridgehead atoms. The minimum Gasteiger partial charge on any atom is -0.462 e. The molecule has 136 valence electrons. The van der Waals surface area contributed by atoms with E-state index in [1.165, 1.54) is 18.2 Å². The van der Waals surface area contributed by atoms with E-state index >= 15 is 0 Å². The summed E-state index contributed by atoms with van der Waals surface area (Å²) in [5, 5.41) is 2.54. The monoisotopic (exact) mass is 378 g/mol. The fraction of sp³-hybridized carbons (Fsp3) is 0.467. The molecule has 0 saturated heterocycles. The van der Waals surface area contributed by atoms with E-state index < -0.39 is 27.8 Å². The number of ether oxygens (including phenoxy) is 1. The van der Waals surface area contributed by atoms with Crippen LogP contribution in [0.15, 0.2) is 23.1 Å². The van der Waals surface area contributed by atoms with Crippen molar-refractivity contribution in [3.63, 3.8) is 0 Å². The maximum Gasteiger partial charge on any atom is 0.338 e. The van der Waals surface area contributed by atoms with Crippen molar-refractivity contribution < 1.29 is 22.7 Å². The van der Waals surface area contributed by atoms with E-state index in [0.29, 0.717) is 6.42 Å². The lowest BCUT2D eigenvalue weighted by molar-refractivity contribution is -0.117. The lowest BCUT2D eigenvalue weighted by Gasteiger charge is -2.13. The molecule has 9 heteroatoms. The molecule has 0 aliphatic carbocycles. The van der Waals surface area contributed by atoms with Crippen molar-refractivity contribution >= 4 is 39.8 Å². The number of hydrogen-bond acceptors (Lipinski definition) is 6. The molecule has 0 heterocycles. The molecular weight excluding hydrogens is 356 g/mol. The minimum absolute atomic E-state index is 0. The van der Waals surface area contributed by atoms with Crippen LogP contribution >= 0.6 is 12.4 Å². The highest BCUT2D eigenvalue weighted by atomic mass is 35.5. The Morgan fingerprint density at radius 2 is 1.88 bits per heavy atom. The average molecular weight is 379 g/mol. The Kier molecular flexibility index (Phi) is 8.95. The van der Waals surface area contributed by atoms with E-state index in [9.17, 15) is 18.0 Å². The number of carbonyl (C=O) groups excluding carboxylic acids is 2. The van der Waals surface area contributed by atoms with Crippen LogP contribution in [-0.2, 0) is 19.4 Å². The van der Waals surface area contributed by atoms with Gasteiger partial charge in [-0.3, -0.25) is 4.79 Å². The highest BCUT2D eigenvalue weighted by Crippen LogP contribution is 2.20. The summed E-state index contributed by atoms with van der Waals surface area (Å²) in [5.74, 6) is -1.10. The maximum atomic E-state index is 12.0. The molecule has 1 aromatic rings. The lowest BCUT2D eigenvalue weighted by atomic mass is 10.1. The van der Waals surface area contributed by atoms with Crippen molar-refractivity contribution in [1.82, 2.24) is 0 Å². The Morgan fingerprint density at radius 3 is 2.38 bits per heavy atom. The summed E-state index contributed by atoms with van der Waals surface area (Å²) in [7, 11) is -3.55. The predicted molar refractivity (Wildman–Crippen MR) is 94.3 cm³/mol. The van der Waals surface area contributed by atoms with Crippen molar-refractivity contribution in [3.05, 3.63) is 23.8 Å². The van der Waals surface area contributed by atoms with E-state index in [-0.39, 0.29) is 35.2 Å². The molecule has 1 unspecified atom stereocenters. The molecule has 0 aliphatic rings. The largest absolute Gasteiger partial charge is 0.462 e. The first-order valence-corrected chi connectivity index (χ1v) is 9.16. The molecular formula is C15H23ClN2O5S. The van der Waals surface area contributed by atoms with Gasteiger partial charge < -0.3 is 15.8 Å². The highest BCUT2D eigenvalue weighted by Gasteiger charge is 2.18. The van der Waals surface area contributed by atoms with Gasteiger partial charge in [-0.1, -0.05) is 13.3 Å². The van der Waals surface area contributed by atoms with Crippen LogP contribution in [0.2, 0.25) is 0 Å². The normalized spacial score (nSPS) is 12.0. The van der Waals surface area contributed by atoms with Gasteiger partial charge in [-0.2, -0.15) is 0 Å². The SMILES string of the molecule is CCCC(N)C(=O)Nc1cc(C(=O)OCC)cc(S(C)(=O)=O)c1.Cl. The Balaban J connectivity index is 0.00000529. The van der Waals surface area contributed by atoms with E-state index in [1.54, 1.807) is 6.92 Å². The summed E-state index contributed by atoms with van der Waals surface area (Å²) in [6.45, 7) is 3.70. The third-order valence-corrected chi connectivity index (χ3v) is 4.14. The van der Waals surface area contributed by atoms with Crippen LogP contribution in [0.4, 0.5) is 5.69 Å². The Labute approximate surface area is 148 Å². The Bertz CT molecular complexity index is 691. The molecule has 0 saturated carbocycles. The van der Waals surface area contributed by atoms with E-state index in [0.717, 1.165) is 12.7 Å². The van der Waals surface area contributed by atoms with Crippen molar-refractivity contribution in [1.29, 1.82) is 0 Å². The molecule has 1 rings (SSSR count). The van der Waals surface area contributed by atoms with Crippen LogP contribution in [0, 0.1) is 0 Å². The first-order chi connectivity index (χ1) is 10.7. The summed E-state index contributed by atoms with van der Waals surface area (Å²) in [4.78, 5) is 23.7. The molecule has 0 radical (unpaired) electrons. The molecule has 7 nitrogen and oxygen atoms in total. The van der Waals surface area contributed by atoms with E-state index in [1.807, 2.05) is 6.92 Å². The fourth-order valence-corrected chi connectivity index (χ4v) is 2.58. The van der Waals surface area contributed by atoms with Crippen LogP contribution in [-0.4, -0.2) is 39.2 Å². The van der Waals surface area contributed by atoms with Crippen molar-refractivity contribution in [3.8, 4) is 0 Å². The number of esters is 1. The smallest absolute Gasteiger partial charge is 0.338 e. The van der Waals surface area contributed by atoms with Gasteiger partial charge in [0.1, 0.15) is 0 Å². The van der Waals surface area contributed by atoms with Crippen LogP contribution < -0.4 is 11.1 Å². The number of hydrogen-bond donors (Lipinski definition) is 2. The topological polar surface area (TPSA) is 116 Å². The van der Waals surface area contributed by atoms with Crippen LogP contribution in [0.5, 0.6) is 0 Å². The first-order valence-electron chi connectivity index (χ1n) is 7.27. The number of halogens is 1. The van der Waals surface area contributed by atoms with Crippen LogP contribution in [0.25, 0.3) is 0 Å². The number of carbonyl (C=O) groups is 2. The second-order valence-corrected chi connectivity index (χ2v) is 7.14.